The third-order valence-electron chi connectivity index (χ3n) is 1.83. The summed E-state index contributed by atoms with van der Waals surface area (Å²) < 4.78 is 1.60. The van der Waals surface area contributed by atoms with Gasteiger partial charge in [-0.25, -0.2) is 4.98 Å². The van der Waals surface area contributed by atoms with Gasteiger partial charge in [-0.15, -0.1) is 0 Å². The van der Waals surface area contributed by atoms with Crippen LogP contribution >= 0.6 is 0 Å². The first-order valence-corrected chi connectivity index (χ1v) is 4.17. The van der Waals surface area contributed by atoms with Crippen LogP contribution in [-0.2, 0) is 0 Å². The van der Waals surface area contributed by atoms with Gasteiger partial charge in [0.2, 0.25) is 0 Å². The predicted molar refractivity (Wildman–Crippen MR) is 51.3 cm³/mol. The number of anilines is 1. The lowest BCUT2D eigenvalue weighted by atomic mass is 10.3. The van der Waals surface area contributed by atoms with Gasteiger partial charge in [-0.3, -0.25) is 0 Å². The highest BCUT2D eigenvalue weighted by Gasteiger charge is 2.05. The fourth-order valence-corrected chi connectivity index (χ4v) is 1.29. The maximum absolute atomic E-state index is 5.77. The van der Waals surface area contributed by atoms with E-state index in [1.807, 2.05) is 19.1 Å². The van der Waals surface area contributed by atoms with Crippen molar-refractivity contribution in [2.75, 3.05) is 12.3 Å². The van der Waals surface area contributed by atoms with Gasteiger partial charge in [-0.1, -0.05) is 0 Å². The summed E-state index contributed by atoms with van der Waals surface area (Å²) in [7, 11) is 0. The number of nitrogens with two attached hydrogens (primary N) is 1. The van der Waals surface area contributed by atoms with E-state index in [2.05, 4.69) is 4.98 Å². The van der Waals surface area contributed by atoms with E-state index < -0.39 is 0 Å². The van der Waals surface area contributed by atoms with Crippen LogP contribution in [0.1, 0.15) is 6.92 Å². The van der Waals surface area contributed by atoms with Crippen molar-refractivity contribution in [1.82, 2.24) is 9.71 Å². The Balaban J connectivity index is 2.63. The van der Waals surface area contributed by atoms with Gasteiger partial charge >= 0.3 is 0 Å². The maximum Gasteiger partial charge on any atom is 0.177 e. The zero-order valence-electron chi connectivity index (χ0n) is 7.40. The minimum Gasteiger partial charge on any atom is -0.413 e. The Bertz CT molecular complexity index is 422. The first-order valence-electron chi connectivity index (χ1n) is 4.17. The summed E-state index contributed by atoms with van der Waals surface area (Å²) in [4.78, 5) is 9.49. The third-order valence-corrected chi connectivity index (χ3v) is 1.83. The second kappa shape index (κ2) is 2.97. The van der Waals surface area contributed by atoms with Crippen molar-refractivity contribution in [2.45, 2.75) is 6.92 Å². The molecule has 0 saturated heterocycles. The topological polar surface area (TPSA) is 53.1 Å². The van der Waals surface area contributed by atoms with Crippen LogP contribution in [0.3, 0.4) is 0 Å². The Kier molecular flexibility index (Phi) is 1.81. The molecule has 0 saturated carbocycles. The van der Waals surface area contributed by atoms with E-state index in [9.17, 15) is 0 Å². The van der Waals surface area contributed by atoms with Gasteiger partial charge in [-0.05, 0) is 19.1 Å². The zero-order chi connectivity index (χ0) is 9.26. The van der Waals surface area contributed by atoms with E-state index in [4.69, 9.17) is 10.6 Å². The highest BCUT2D eigenvalue weighted by Crippen LogP contribution is 2.19. The van der Waals surface area contributed by atoms with Gasteiger partial charge in [0.15, 0.2) is 5.65 Å². The fourth-order valence-electron chi connectivity index (χ4n) is 1.29. The smallest absolute Gasteiger partial charge is 0.177 e. The van der Waals surface area contributed by atoms with Crippen LogP contribution in [0, 0.1) is 0 Å². The summed E-state index contributed by atoms with van der Waals surface area (Å²) >= 11 is 0. The Hall–Kier alpha value is -1.71. The largest absolute Gasteiger partial charge is 0.413 e. The summed E-state index contributed by atoms with van der Waals surface area (Å²) in [6, 6.07) is 3.78. The van der Waals surface area contributed by atoms with Crippen molar-refractivity contribution < 1.29 is 4.84 Å². The summed E-state index contributed by atoms with van der Waals surface area (Å²) in [5, 5.41) is 0.927. The molecule has 13 heavy (non-hydrogen) atoms. The Labute approximate surface area is 75.9 Å². The summed E-state index contributed by atoms with van der Waals surface area (Å²) in [6.45, 7) is 2.52. The molecule has 2 aromatic rings. The SMILES string of the molecule is CCOn1cc(N)c2cccnc21. The molecule has 4 nitrogen and oxygen atoms in total. The molecule has 0 fully saturated rings. The lowest BCUT2D eigenvalue weighted by molar-refractivity contribution is 0.131. The summed E-state index contributed by atoms with van der Waals surface area (Å²) in [5.41, 5.74) is 7.22. The van der Waals surface area contributed by atoms with Crippen LogP contribution in [-0.4, -0.2) is 16.3 Å². The molecule has 2 aromatic heterocycles. The van der Waals surface area contributed by atoms with Crippen LogP contribution in [0.15, 0.2) is 24.5 Å². The van der Waals surface area contributed by atoms with Crippen LogP contribution in [0.25, 0.3) is 11.0 Å². The first kappa shape index (κ1) is 7.91. The number of hydrogen-bond acceptors (Lipinski definition) is 3. The summed E-state index contributed by atoms with van der Waals surface area (Å²) in [6.07, 6.45) is 3.46. The van der Waals surface area contributed by atoms with Crippen molar-refractivity contribution in [3.63, 3.8) is 0 Å². The van der Waals surface area contributed by atoms with Crippen LogP contribution < -0.4 is 10.6 Å². The molecule has 2 heterocycles. The van der Waals surface area contributed by atoms with Crippen molar-refractivity contribution >= 4 is 16.7 Å². The Morgan fingerprint density at radius 3 is 3.23 bits per heavy atom. The van der Waals surface area contributed by atoms with Gasteiger partial charge < -0.3 is 10.6 Å². The van der Waals surface area contributed by atoms with Gasteiger partial charge in [0.25, 0.3) is 0 Å². The van der Waals surface area contributed by atoms with Crippen LogP contribution in [0.4, 0.5) is 5.69 Å². The average Bonchev–Trinajstić information content (AvgIpc) is 2.46. The number of fused-ring (bicyclic) bond motifs is 1. The molecule has 0 radical (unpaired) electrons. The minimum absolute atomic E-state index is 0.597. The molecule has 2 N–H and O–H groups in total. The molecule has 0 bridgehead atoms. The number of aromatic nitrogens is 2. The normalized spacial score (nSPS) is 10.5. The van der Waals surface area contributed by atoms with Gasteiger partial charge in [0.05, 0.1) is 11.9 Å². The number of pyridine rings is 1. The quantitative estimate of drug-likeness (QED) is 0.746. The highest BCUT2D eigenvalue weighted by atomic mass is 16.7. The van der Waals surface area contributed by atoms with E-state index in [1.54, 1.807) is 17.1 Å². The van der Waals surface area contributed by atoms with E-state index >= 15 is 0 Å². The second-order valence-electron chi connectivity index (χ2n) is 2.70. The van der Waals surface area contributed by atoms with E-state index in [0.29, 0.717) is 12.3 Å². The van der Waals surface area contributed by atoms with Gasteiger partial charge in [0, 0.05) is 11.6 Å². The molecule has 0 atom stereocenters. The number of rotatable bonds is 2. The number of nitrogen functional groups attached to an aromatic ring is 1. The monoisotopic (exact) mass is 177 g/mol. The molecule has 0 aliphatic carbocycles. The molecule has 0 amide bonds. The molecule has 0 aromatic carbocycles. The molecule has 0 spiro atoms. The predicted octanol–water partition coefficient (Wildman–Crippen LogP) is 1.07. The molecule has 2 rings (SSSR count). The van der Waals surface area contributed by atoms with Crippen LogP contribution in [0.2, 0.25) is 0 Å². The van der Waals surface area contributed by atoms with Crippen LogP contribution in [0.5, 0.6) is 0 Å². The molecular weight excluding hydrogens is 166 g/mol. The van der Waals surface area contributed by atoms with Crippen molar-refractivity contribution in [1.29, 1.82) is 0 Å². The third kappa shape index (κ3) is 1.20. The molecular formula is C9H11N3O. The Morgan fingerprint density at radius 1 is 1.62 bits per heavy atom. The Morgan fingerprint density at radius 2 is 2.46 bits per heavy atom. The summed E-state index contributed by atoms with van der Waals surface area (Å²) in [5.74, 6) is 0. The van der Waals surface area contributed by atoms with Gasteiger partial charge in [0.1, 0.15) is 6.61 Å². The molecule has 0 aliphatic rings. The highest BCUT2D eigenvalue weighted by molar-refractivity contribution is 5.88. The average molecular weight is 177 g/mol. The zero-order valence-corrected chi connectivity index (χ0v) is 7.40. The van der Waals surface area contributed by atoms with Crippen molar-refractivity contribution in [3.8, 4) is 0 Å². The maximum atomic E-state index is 5.77. The minimum atomic E-state index is 0.597. The van der Waals surface area contributed by atoms with E-state index in [1.165, 1.54) is 0 Å². The van der Waals surface area contributed by atoms with Crippen molar-refractivity contribution in [3.05, 3.63) is 24.5 Å². The molecule has 0 unspecified atom stereocenters. The van der Waals surface area contributed by atoms with Gasteiger partial charge in [-0.2, -0.15) is 4.73 Å². The number of hydrogen-bond donors (Lipinski definition) is 1. The fraction of sp³-hybridized carbons (Fsp3) is 0.222. The molecule has 0 aliphatic heterocycles. The lowest BCUT2D eigenvalue weighted by Gasteiger charge is -2.02. The van der Waals surface area contributed by atoms with E-state index in [-0.39, 0.29) is 0 Å². The van der Waals surface area contributed by atoms with Crippen molar-refractivity contribution in [2.24, 2.45) is 0 Å². The lowest BCUT2D eigenvalue weighted by Crippen LogP contribution is -2.09. The second-order valence-corrected chi connectivity index (χ2v) is 2.70. The first-order chi connectivity index (χ1) is 6.33. The number of nitrogens with zero attached hydrogens (tertiary/aromatic N) is 2. The standard InChI is InChI=1S/C9H11N3O/c1-2-13-12-6-8(10)7-4-3-5-11-9(7)12/h3-6H,2,10H2,1H3. The van der Waals surface area contributed by atoms with E-state index in [0.717, 1.165) is 11.0 Å². The molecule has 4 heteroatoms. The molecule has 68 valence electrons.